The number of hydrogen-bond donors (Lipinski definition) is 1. The van der Waals surface area contributed by atoms with Crippen molar-refractivity contribution in [2.45, 2.75) is 17.9 Å². The first-order valence-corrected chi connectivity index (χ1v) is 8.45. The Morgan fingerprint density at radius 3 is 2.84 bits per heavy atom. The lowest BCUT2D eigenvalue weighted by atomic mass is 10.2. The highest BCUT2D eigenvalue weighted by atomic mass is 32.2. The molecule has 0 amide bonds. The molecule has 1 aliphatic heterocycles. The van der Waals surface area contributed by atoms with Crippen LogP contribution < -0.4 is 0 Å². The lowest BCUT2D eigenvalue weighted by molar-refractivity contribution is 0.0696. The summed E-state index contributed by atoms with van der Waals surface area (Å²) in [7, 11) is -3.61. The summed E-state index contributed by atoms with van der Waals surface area (Å²) < 4.78 is 26.4. The minimum Gasteiger partial charge on any atom is -0.478 e. The molecular weight excluding hydrogens is 286 g/mol. The van der Waals surface area contributed by atoms with E-state index in [2.05, 4.69) is 0 Å². The predicted molar refractivity (Wildman–Crippen MR) is 74.1 cm³/mol. The molecule has 0 bridgehead atoms. The zero-order valence-corrected chi connectivity index (χ0v) is 12.1. The number of carboxylic acids is 1. The zero-order chi connectivity index (χ0) is 14.0. The van der Waals surface area contributed by atoms with E-state index in [0.29, 0.717) is 6.54 Å². The van der Waals surface area contributed by atoms with Gasteiger partial charge in [0.15, 0.2) is 0 Å². The molecule has 2 rings (SSSR count). The molecule has 1 aromatic rings. The topological polar surface area (TPSA) is 74.7 Å². The Labute approximate surface area is 116 Å². The molecule has 1 atom stereocenters. The van der Waals surface area contributed by atoms with Crippen LogP contribution >= 0.6 is 11.8 Å². The summed E-state index contributed by atoms with van der Waals surface area (Å²) in [4.78, 5) is 11.0. The monoisotopic (exact) mass is 301 g/mol. The number of carbonyl (C=O) groups is 1. The van der Waals surface area contributed by atoms with Gasteiger partial charge in [-0.3, -0.25) is 0 Å². The molecule has 1 N–H and O–H groups in total. The summed E-state index contributed by atoms with van der Waals surface area (Å²) in [6.45, 7) is 2.33. The van der Waals surface area contributed by atoms with E-state index in [-0.39, 0.29) is 16.5 Å². The second-order valence-corrected chi connectivity index (χ2v) is 7.41. The maximum absolute atomic E-state index is 12.5. The summed E-state index contributed by atoms with van der Waals surface area (Å²) in [6, 6.07) is 5.43. The van der Waals surface area contributed by atoms with Crippen molar-refractivity contribution in [2.24, 2.45) is 0 Å². The van der Waals surface area contributed by atoms with E-state index in [4.69, 9.17) is 5.11 Å². The number of nitrogens with zero attached hydrogens (tertiary/aromatic N) is 1. The van der Waals surface area contributed by atoms with Crippen LogP contribution in [-0.2, 0) is 10.0 Å². The highest BCUT2D eigenvalue weighted by Crippen LogP contribution is 2.24. The lowest BCUT2D eigenvalue weighted by Crippen LogP contribution is -2.44. The van der Waals surface area contributed by atoms with Crippen LogP contribution in [0.15, 0.2) is 29.2 Å². The molecular formula is C12H15NO4S2. The maximum Gasteiger partial charge on any atom is 0.335 e. The Bertz CT molecular complexity index is 585. The highest BCUT2D eigenvalue weighted by Gasteiger charge is 2.31. The van der Waals surface area contributed by atoms with Crippen LogP contribution in [0.25, 0.3) is 0 Å². The van der Waals surface area contributed by atoms with Crippen LogP contribution in [0.2, 0.25) is 0 Å². The fourth-order valence-corrected chi connectivity index (χ4v) is 4.89. The summed E-state index contributed by atoms with van der Waals surface area (Å²) >= 11 is 1.73. The molecule has 19 heavy (non-hydrogen) atoms. The molecule has 0 saturated carbocycles. The molecule has 0 aliphatic carbocycles. The molecule has 0 spiro atoms. The maximum atomic E-state index is 12.5. The van der Waals surface area contributed by atoms with Gasteiger partial charge < -0.3 is 5.11 Å². The van der Waals surface area contributed by atoms with E-state index in [0.717, 1.165) is 11.5 Å². The molecule has 1 aliphatic rings. The van der Waals surface area contributed by atoms with Gasteiger partial charge in [-0.2, -0.15) is 16.1 Å². The third-order valence-corrected chi connectivity index (χ3v) is 6.19. The molecule has 1 heterocycles. The third-order valence-electron chi connectivity index (χ3n) is 2.99. The van der Waals surface area contributed by atoms with Crippen molar-refractivity contribution in [3.63, 3.8) is 0 Å². The quantitative estimate of drug-likeness (QED) is 0.916. The largest absolute Gasteiger partial charge is 0.478 e. The third kappa shape index (κ3) is 2.93. The van der Waals surface area contributed by atoms with Crippen molar-refractivity contribution in [1.82, 2.24) is 4.31 Å². The Kier molecular flexibility index (Phi) is 4.17. The number of hydrogen-bond acceptors (Lipinski definition) is 4. The van der Waals surface area contributed by atoms with Crippen LogP contribution in [0.1, 0.15) is 17.3 Å². The van der Waals surface area contributed by atoms with E-state index in [1.54, 1.807) is 11.8 Å². The Balaban J connectivity index is 2.38. The van der Waals surface area contributed by atoms with Gasteiger partial charge in [0.05, 0.1) is 10.5 Å². The first kappa shape index (κ1) is 14.4. The number of rotatable bonds is 3. The number of thioether (sulfide) groups is 1. The number of benzene rings is 1. The van der Waals surface area contributed by atoms with Crippen LogP contribution in [0.4, 0.5) is 0 Å². The Morgan fingerprint density at radius 2 is 2.21 bits per heavy atom. The SMILES string of the molecule is CC1CSCCN1S(=O)(=O)c1cccc(C(=O)O)c1. The van der Waals surface area contributed by atoms with Gasteiger partial charge in [0, 0.05) is 24.1 Å². The van der Waals surface area contributed by atoms with Crippen molar-refractivity contribution in [3.8, 4) is 0 Å². The summed E-state index contributed by atoms with van der Waals surface area (Å²) in [5.74, 6) is 0.402. The Hall–Kier alpha value is -1.05. The fourth-order valence-electron chi connectivity index (χ4n) is 1.99. The van der Waals surface area contributed by atoms with Crippen molar-refractivity contribution in [2.75, 3.05) is 18.1 Å². The minimum absolute atomic E-state index is 0.0138. The van der Waals surface area contributed by atoms with Gasteiger partial charge in [0.2, 0.25) is 10.0 Å². The van der Waals surface area contributed by atoms with Gasteiger partial charge >= 0.3 is 5.97 Å². The second-order valence-electron chi connectivity index (χ2n) is 4.37. The van der Waals surface area contributed by atoms with Crippen molar-refractivity contribution >= 4 is 27.8 Å². The van der Waals surface area contributed by atoms with Crippen LogP contribution in [0.3, 0.4) is 0 Å². The predicted octanol–water partition coefficient (Wildman–Crippen LogP) is 1.51. The van der Waals surface area contributed by atoms with E-state index >= 15 is 0 Å². The minimum atomic E-state index is -3.61. The van der Waals surface area contributed by atoms with E-state index < -0.39 is 16.0 Å². The van der Waals surface area contributed by atoms with Crippen molar-refractivity contribution in [3.05, 3.63) is 29.8 Å². The molecule has 1 aromatic carbocycles. The summed E-state index contributed by atoms with van der Waals surface area (Å²) in [6.07, 6.45) is 0. The molecule has 1 fully saturated rings. The van der Waals surface area contributed by atoms with Gasteiger partial charge in [-0.05, 0) is 25.1 Å². The second kappa shape index (κ2) is 5.52. The van der Waals surface area contributed by atoms with Gasteiger partial charge in [-0.15, -0.1) is 0 Å². The number of sulfonamides is 1. The fraction of sp³-hybridized carbons (Fsp3) is 0.417. The lowest BCUT2D eigenvalue weighted by Gasteiger charge is -2.31. The summed E-state index contributed by atoms with van der Waals surface area (Å²) in [5.41, 5.74) is -0.0138. The molecule has 1 unspecified atom stereocenters. The van der Waals surface area contributed by atoms with Crippen LogP contribution in [-0.4, -0.2) is 47.9 Å². The average Bonchev–Trinajstić information content (AvgIpc) is 2.39. The van der Waals surface area contributed by atoms with Crippen LogP contribution in [0.5, 0.6) is 0 Å². The number of aromatic carboxylic acids is 1. The summed E-state index contributed by atoms with van der Waals surface area (Å²) in [5, 5.41) is 8.93. The molecule has 0 aromatic heterocycles. The smallest absolute Gasteiger partial charge is 0.335 e. The van der Waals surface area contributed by atoms with Crippen molar-refractivity contribution in [1.29, 1.82) is 0 Å². The van der Waals surface area contributed by atoms with E-state index in [1.807, 2.05) is 6.92 Å². The molecule has 5 nitrogen and oxygen atoms in total. The molecule has 1 saturated heterocycles. The highest BCUT2D eigenvalue weighted by molar-refractivity contribution is 7.99. The van der Waals surface area contributed by atoms with Gasteiger partial charge in [0.25, 0.3) is 0 Å². The number of carboxylic acid groups (broad SMARTS) is 1. The molecule has 0 radical (unpaired) electrons. The average molecular weight is 301 g/mol. The normalized spacial score (nSPS) is 21.2. The van der Waals surface area contributed by atoms with Crippen molar-refractivity contribution < 1.29 is 18.3 Å². The standard InChI is InChI=1S/C12H15NO4S2/c1-9-8-18-6-5-13(9)19(16,17)11-4-2-3-10(7-11)12(14)15/h2-4,7,9H,5-6,8H2,1H3,(H,14,15). The van der Waals surface area contributed by atoms with E-state index in [1.165, 1.54) is 28.6 Å². The Morgan fingerprint density at radius 1 is 1.47 bits per heavy atom. The zero-order valence-electron chi connectivity index (χ0n) is 10.4. The van der Waals surface area contributed by atoms with Gasteiger partial charge in [0.1, 0.15) is 0 Å². The first-order valence-electron chi connectivity index (χ1n) is 5.86. The van der Waals surface area contributed by atoms with Gasteiger partial charge in [-0.1, -0.05) is 6.07 Å². The molecule has 7 heteroatoms. The van der Waals surface area contributed by atoms with Gasteiger partial charge in [-0.25, -0.2) is 13.2 Å². The van der Waals surface area contributed by atoms with E-state index in [9.17, 15) is 13.2 Å². The van der Waals surface area contributed by atoms with Crippen LogP contribution in [0, 0.1) is 0 Å². The molecule has 104 valence electrons. The first-order chi connectivity index (χ1) is 8.93.